The number of hydrogen-bond acceptors (Lipinski definition) is 5. The second-order valence-corrected chi connectivity index (χ2v) is 12.0. The number of aliphatic carboxylic acids is 1. The van der Waals surface area contributed by atoms with Gasteiger partial charge in [-0.3, -0.25) is 23.9 Å². The van der Waals surface area contributed by atoms with Crippen LogP contribution >= 0.6 is 0 Å². The van der Waals surface area contributed by atoms with Crippen molar-refractivity contribution in [2.24, 2.45) is 5.92 Å². The summed E-state index contributed by atoms with van der Waals surface area (Å²) in [6, 6.07) is 3.71. The summed E-state index contributed by atoms with van der Waals surface area (Å²) in [5.41, 5.74) is 3.30. The second-order valence-electron chi connectivity index (χ2n) is 12.0. The molecule has 1 amide bonds. The number of hydrogen-bond donors (Lipinski definition) is 2. The van der Waals surface area contributed by atoms with E-state index in [0.29, 0.717) is 40.9 Å². The lowest BCUT2D eigenvalue weighted by atomic mass is 9.90. The van der Waals surface area contributed by atoms with Gasteiger partial charge in [0.15, 0.2) is 0 Å². The average molecular weight is 597 g/mol. The number of nitrogens with one attached hydrogen (secondary N) is 1. The van der Waals surface area contributed by atoms with Crippen molar-refractivity contribution in [1.82, 2.24) is 19.8 Å². The maximum absolute atomic E-state index is 15.7. The number of carbonyl (C=O) groups excluding carboxylic acids is 1. The van der Waals surface area contributed by atoms with Gasteiger partial charge in [-0.2, -0.15) is 0 Å². The number of carboxylic acids is 1. The van der Waals surface area contributed by atoms with Crippen LogP contribution in [0.4, 0.5) is 8.78 Å². The van der Waals surface area contributed by atoms with Crippen LogP contribution in [0.3, 0.4) is 0 Å². The molecule has 2 atom stereocenters. The van der Waals surface area contributed by atoms with Gasteiger partial charge in [-0.15, -0.1) is 0 Å². The Morgan fingerprint density at radius 3 is 2.21 bits per heavy atom. The van der Waals surface area contributed by atoms with Crippen LogP contribution in [-0.4, -0.2) is 52.1 Å². The molecule has 0 spiro atoms. The Morgan fingerprint density at radius 2 is 1.65 bits per heavy atom. The molecule has 0 aliphatic heterocycles. The molecule has 232 valence electrons. The zero-order valence-electron chi connectivity index (χ0n) is 26.2. The maximum Gasteiger partial charge on any atom is 0.305 e. The predicted octanol–water partition coefficient (Wildman–Crippen LogP) is 5.45. The number of carboxylic acid groups (broad SMARTS) is 1. The molecule has 0 fully saturated rings. The molecule has 0 saturated carbocycles. The van der Waals surface area contributed by atoms with E-state index in [4.69, 9.17) is 0 Å². The first-order valence-corrected chi connectivity index (χ1v) is 14.4. The molecular weight excluding hydrogens is 554 g/mol. The normalized spacial score (nSPS) is 12.9. The first kappa shape index (κ1) is 33.6. The van der Waals surface area contributed by atoms with Gasteiger partial charge in [-0.1, -0.05) is 13.8 Å². The molecule has 1 aromatic heterocycles. The summed E-state index contributed by atoms with van der Waals surface area (Å²) in [4.78, 5) is 45.5. The summed E-state index contributed by atoms with van der Waals surface area (Å²) in [6.07, 6.45) is 1.85. The molecule has 0 radical (unpaired) electrons. The number of rotatable bonds is 12. The van der Waals surface area contributed by atoms with Crippen LogP contribution in [0.25, 0.3) is 11.1 Å². The summed E-state index contributed by atoms with van der Waals surface area (Å²) in [5, 5.41) is 12.5. The van der Waals surface area contributed by atoms with Gasteiger partial charge in [0.05, 0.1) is 18.2 Å². The summed E-state index contributed by atoms with van der Waals surface area (Å²) < 4.78 is 31.1. The molecular formula is C33H42F2N4O4. The first-order valence-electron chi connectivity index (χ1n) is 14.4. The van der Waals surface area contributed by atoms with Crippen molar-refractivity contribution in [1.29, 1.82) is 0 Å². The molecule has 8 nitrogen and oxygen atoms in total. The zero-order valence-corrected chi connectivity index (χ0v) is 26.2. The minimum Gasteiger partial charge on any atom is -0.481 e. The van der Waals surface area contributed by atoms with Crippen molar-refractivity contribution >= 4 is 11.9 Å². The van der Waals surface area contributed by atoms with E-state index in [9.17, 15) is 23.9 Å². The van der Waals surface area contributed by atoms with Crippen molar-refractivity contribution < 1.29 is 23.5 Å². The van der Waals surface area contributed by atoms with Gasteiger partial charge >= 0.3 is 5.97 Å². The second kappa shape index (κ2) is 14.0. The van der Waals surface area contributed by atoms with Gasteiger partial charge in [0, 0.05) is 24.7 Å². The topological polar surface area (TPSA) is 105 Å². The SMILES string of the molecule is Cc1cc(-c2c(C)cc(F)cc2C)cc([C@H](CC(=O)O)NC(=O)[C@H](CC(C)C)n2cc(CCN(C)C)nc(C)c2=O)c1F. The Bertz CT molecular complexity index is 1540. The van der Waals surface area contributed by atoms with E-state index in [2.05, 4.69) is 10.3 Å². The van der Waals surface area contributed by atoms with Crippen LogP contribution in [0.5, 0.6) is 0 Å². The van der Waals surface area contributed by atoms with Gasteiger partial charge < -0.3 is 15.3 Å². The molecule has 3 rings (SSSR count). The molecule has 2 N–H and O–H groups in total. The van der Waals surface area contributed by atoms with Crippen LogP contribution < -0.4 is 10.9 Å². The number of halogens is 2. The highest BCUT2D eigenvalue weighted by Gasteiger charge is 2.30. The molecule has 43 heavy (non-hydrogen) atoms. The van der Waals surface area contributed by atoms with E-state index in [1.54, 1.807) is 40.0 Å². The van der Waals surface area contributed by atoms with Crippen molar-refractivity contribution in [2.75, 3.05) is 20.6 Å². The Labute approximate surface area is 251 Å². The molecule has 0 bridgehead atoms. The standard InChI is InChI=1S/C33H42F2N4O4/c1-18(2)11-28(39-17-25(9-10-38(7)8)36-22(6)33(39)43)32(42)37-27(16-29(40)41)26-15-23(12-21(5)31(26)35)30-19(3)13-24(34)14-20(30)4/h12-15,17-18,27-28H,9-11,16H2,1-8H3,(H,37,42)(H,40,41)/t27-,28-/m0/s1. The van der Waals surface area contributed by atoms with Crippen molar-refractivity contribution in [3.63, 3.8) is 0 Å². The lowest BCUT2D eigenvalue weighted by molar-refractivity contribution is -0.138. The lowest BCUT2D eigenvalue weighted by Crippen LogP contribution is -2.41. The Hall–Kier alpha value is -3.92. The molecule has 3 aromatic rings. The fraction of sp³-hybridized carbons (Fsp3) is 0.455. The molecule has 0 saturated heterocycles. The number of benzene rings is 2. The van der Waals surface area contributed by atoms with Crippen LogP contribution in [0, 0.1) is 45.2 Å². The highest BCUT2D eigenvalue weighted by Crippen LogP contribution is 2.34. The highest BCUT2D eigenvalue weighted by atomic mass is 19.1. The Balaban J connectivity index is 2.11. The Kier molecular flexibility index (Phi) is 11.0. The van der Waals surface area contributed by atoms with Crippen molar-refractivity contribution in [2.45, 2.75) is 72.9 Å². The molecule has 1 heterocycles. The minimum atomic E-state index is -1.23. The third-order valence-electron chi connectivity index (χ3n) is 7.43. The van der Waals surface area contributed by atoms with Gasteiger partial charge in [-0.05, 0) is 106 Å². The van der Waals surface area contributed by atoms with Crippen LogP contribution in [-0.2, 0) is 16.0 Å². The number of carbonyl (C=O) groups is 2. The van der Waals surface area contributed by atoms with E-state index >= 15 is 4.39 Å². The van der Waals surface area contributed by atoms with Gasteiger partial charge in [0.1, 0.15) is 23.4 Å². The van der Waals surface area contributed by atoms with E-state index in [0.717, 1.165) is 0 Å². The molecule has 10 heteroatoms. The van der Waals surface area contributed by atoms with Gasteiger partial charge in [0.25, 0.3) is 5.56 Å². The van der Waals surface area contributed by atoms with Gasteiger partial charge in [-0.25, -0.2) is 8.78 Å². The Morgan fingerprint density at radius 1 is 1.02 bits per heavy atom. The molecule has 2 aromatic carbocycles. The maximum atomic E-state index is 15.7. The fourth-order valence-corrected chi connectivity index (χ4v) is 5.42. The molecule has 0 aliphatic rings. The number of aryl methyl sites for hydroxylation is 4. The van der Waals surface area contributed by atoms with Gasteiger partial charge in [0.2, 0.25) is 5.91 Å². The van der Waals surface area contributed by atoms with Crippen LogP contribution in [0.2, 0.25) is 0 Å². The zero-order chi connectivity index (χ0) is 32.2. The smallest absolute Gasteiger partial charge is 0.305 e. The molecule has 0 aliphatic carbocycles. The van der Waals surface area contributed by atoms with Crippen LogP contribution in [0.15, 0.2) is 35.3 Å². The first-order chi connectivity index (χ1) is 20.1. The summed E-state index contributed by atoms with van der Waals surface area (Å²) >= 11 is 0. The lowest BCUT2D eigenvalue weighted by Gasteiger charge is -2.26. The number of likely N-dealkylation sites (N-methyl/N-ethyl adjacent to an activating group) is 1. The van der Waals surface area contributed by atoms with E-state index in [1.807, 2.05) is 32.8 Å². The van der Waals surface area contributed by atoms with E-state index in [1.165, 1.54) is 22.8 Å². The van der Waals surface area contributed by atoms with Crippen LogP contribution in [0.1, 0.15) is 72.4 Å². The average Bonchev–Trinajstić information content (AvgIpc) is 2.88. The summed E-state index contributed by atoms with van der Waals surface area (Å²) in [5.74, 6) is -2.86. The number of amides is 1. The summed E-state index contributed by atoms with van der Waals surface area (Å²) in [6.45, 7) is 11.2. The fourth-order valence-electron chi connectivity index (χ4n) is 5.42. The third-order valence-corrected chi connectivity index (χ3v) is 7.43. The summed E-state index contributed by atoms with van der Waals surface area (Å²) in [7, 11) is 3.85. The number of aromatic nitrogens is 2. The monoisotopic (exact) mass is 596 g/mol. The van der Waals surface area contributed by atoms with E-state index < -0.39 is 47.6 Å². The quantitative estimate of drug-likeness (QED) is 0.288. The third kappa shape index (κ3) is 8.34. The van der Waals surface area contributed by atoms with E-state index in [-0.39, 0.29) is 29.2 Å². The van der Waals surface area contributed by atoms with Crippen molar-refractivity contribution in [3.05, 3.63) is 86.1 Å². The number of nitrogens with zero attached hydrogens (tertiary/aromatic N) is 3. The van der Waals surface area contributed by atoms with Crippen molar-refractivity contribution in [3.8, 4) is 11.1 Å². The minimum absolute atomic E-state index is 0.00194. The largest absolute Gasteiger partial charge is 0.481 e. The molecule has 0 unspecified atom stereocenters. The highest BCUT2D eigenvalue weighted by molar-refractivity contribution is 5.82. The predicted molar refractivity (Wildman–Crippen MR) is 163 cm³/mol.